The number of rotatable bonds is 7. The number of nitrogens with one attached hydrogen (secondary N) is 1. The molecule has 0 aromatic heterocycles. The van der Waals surface area contributed by atoms with Crippen LogP contribution in [0.1, 0.15) is 16.7 Å². The van der Waals surface area contributed by atoms with Gasteiger partial charge in [-0.15, -0.1) is 0 Å². The first-order valence-electron chi connectivity index (χ1n) is 10.0. The number of carbonyl (C=O) groups excluding carboxylic acids is 3. The van der Waals surface area contributed by atoms with E-state index in [0.717, 1.165) is 33.4 Å². The summed E-state index contributed by atoms with van der Waals surface area (Å²) in [4.78, 5) is 38.4. The molecule has 9 heteroatoms. The molecule has 1 N–H and O–H groups in total. The number of ether oxygens (including phenoxy) is 3. The fraction of sp³-hybridized carbons (Fsp3) is 0.261. The Balaban J connectivity index is 1.27. The lowest BCUT2D eigenvalue weighted by Gasteiger charge is -2.13. The number of carbonyl (C=O) groups is 3. The van der Waals surface area contributed by atoms with E-state index < -0.39 is 5.91 Å². The smallest absolute Gasteiger partial charge is 0.293 e. The molecule has 1 saturated heterocycles. The molecule has 0 aliphatic carbocycles. The average molecular weight is 455 g/mol. The van der Waals surface area contributed by atoms with Gasteiger partial charge in [0.25, 0.3) is 17.1 Å². The largest absolute Gasteiger partial charge is 0.484 e. The van der Waals surface area contributed by atoms with Crippen molar-refractivity contribution in [2.45, 2.75) is 13.8 Å². The summed E-state index contributed by atoms with van der Waals surface area (Å²) in [6, 6.07) is 11.0. The van der Waals surface area contributed by atoms with Crippen LogP contribution in [-0.2, 0) is 9.59 Å². The van der Waals surface area contributed by atoms with Crippen LogP contribution in [0.4, 0.5) is 4.79 Å². The number of benzene rings is 2. The monoisotopic (exact) mass is 454 g/mol. The van der Waals surface area contributed by atoms with Crippen molar-refractivity contribution < 1.29 is 28.6 Å². The van der Waals surface area contributed by atoms with Crippen LogP contribution in [0.25, 0.3) is 6.08 Å². The fourth-order valence-corrected chi connectivity index (χ4v) is 4.17. The van der Waals surface area contributed by atoms with E-state index in [1.807, 2.05) is 32.0 Å². The summed E-state index contributed by atoms with van der Waals surface area (Å²) in [6.45, 7) is 4.14. The minimum absolute atomic E-state index is 0.0818. The molecule has 1 fully saturated rings. The first-order chi connectivity index (χ1) is 15.4. The molecule has 2 aromatic rings. The lowest BCUT2D eigenvalue weighted by Crippen LogP contribution is -2.38. The van der Waals surface area contributed by atoms with Gasteiger partial charge in [-0.3, -0.25) is 19.3 Å². The standard InChI is InChI=1S/C23H22N2O6S/c1-14-3-5-17(15(2)9-14)29-12-21(26)24-7-8-25-22(27)20(32-23(25)28)11-16-4-6-18-19(10-16)31-13-30-18/h3-6,9-11H,7-8,12-13H2,1-2H3,(H,24,26)/b20-11-. The van der Waals surface area contributed by atoms with Crippen LogP contribution in [-0.4, -0.2) is 48.4 Å². The van der Waals surface area contributed by atoms with Crippen LogP contribution in [0.15, 0.2) is 41.3 Å². The van der Waals surface area contributed by atoms with E-state index >= 15 is 0 Å². The summed E-state index contributed by atoms with van der Waals surface area (Å²) in [7, 11) is 0. The first kappa shape index (κ1) is 21.8. The third-order valence-corrected chi connectivity index (χ3v) is 5.82. The van der Waals surface area contributed by atoms with Gasteiger partial charge in [0, 0.05) is 13.1 Å². The number of imide groups is 1. The lowest BCUT2D eigenvalue weighted by atomic mass is 10.1. The SMILES string of the molecule is Cc1ccc(OCC(=O)NCCN2C(=O)S/C(=C\c3ccc4c(c3)OCO4)C2=O)c(C)c1. The Bertz CT molecular complexity index is 1110. The molecular formula is C23H22N2O6S. The van der Waals surface area contributed by atoms with Crippen molar-refractivity contribution in [1.29, 1.82) is 0 Å². The van der Waals surface area contributed by atoms with Crippen molar-refractivity contribution in [3.63, 3.8) is 0 Å². The quantitative estimate of drug-likeness (QED) is 0.642. The third-order valence-electron chi connectivity index (χ3n) is 4.91. The maximum absolute atomic E-state index is 12.6. The predicted molar refractivity (Wildman–Crippen MR) is 120 cm³/mol. The Morgan fingerprint density at radius 2 is 1.97 bits per heavy atom. The summed E-state index contributed by atoms with van der Waals surface area (Å²) in [6.07, 6.45) is 1.64. The number of fused-ring (bicyclic) bond motifs is 1. The van der Waals surface area contributed by atoms with Gasteiger partial charge >= 0.3 is 0 Å². The van der Waals surface area contributed by atoms with Crippen LogP contribution in [0.5, 0.6) is 17.2 Å². The zero-order valence-electron chi connectivity index (χ0n) is 17.7. The molecule has 2 aliphatic rings. The van der Waals surface area contributed by atoms with Crippen LogP contribution in [0.2, 0.25) is 0 Å². The molecule has 8 nitrogen and oxygen atoms in total. The Morgan fingerprint density at radius 1 is 1.16 bits per heavy atom. The van der Waals surface area contributed by atoms with Gasteiger partial charge in [-0.1, -0.05) is 23.8 Å². The Kier molecular flexibility index (Phi) is 6.36. The van der Waals surface area contributed by atoms with E-state index in [9.17, 15) is 14.4 Å². The summed E-state index contributed by atoms with van der Waals surface area (Å²) in [5.74, 6) is 1.17. The molecule has 2 heterocycles. The van der Waals surface area contributed by atoms with Crippen LogP contribution < -0.4 is 19.5 Å². The second-order valence-corrected chi connectivity index (χ2v) is 8.35. The van der Waals surface area contributed by atoms with Gasteiger partial charge in [-0.2, -0.15) is 0 Å². The summed E-state index contributed by atoms with van der Waals surface area (Å²) >= 11 is 0.868. The molecule has 3 amide bonds. The summed E-state index contributed by atoms with van der Waals surface area (Å²) in [5, 5.41) is 2.30. The van der Waals surface area contributed by atoms with E-state index in [4.69, 9.17) is 14.2 Å². The summed E-state index contributed by atoms with van der Waals surface area (Å²) < 4.78 is 16.2. The van der Waals surface area contributed by atoms with Crippen molar-refractivity contribution in [2.24, 2.45) is 0 Å². The number of aryl methyl sites for hydroxylation is 2. The molecule has 166 valence electrons. The maximum atomic E-state index is 12.6. The molecule has 0 saturated carbocycles. The van der Waals surface area contributed by atoms with E-state index in [2.05, 4.69) is 5.32 Å². The highest BCUT2D eigenvalue weighted by Crippen LogP contribution is 2.36. The molecule has 0 atom stereocenters. The fourth-order valence-electron chi connectivity index (χ4n) is 3.31. The van der Waals surface area contributed by atoms with Crippen molar-refractivity contribution in [3.8, 4) is 17.2 Å². The van der Waals surface area contributed by atoms with Crippen LogP contribution in [0, 0.1) is 13.8 Å². The van der Waals surface area contributed by atoms with Gasteiger partial charge in [0.2, 0.25) is 6.79 Å². The van der Waals surface area contributed by atoms with Crippen molar-refractivity contribution in [1.82, 2.24) is 10.2 Å². The van der Waals surface area contributed by atoms with Crippen molar-refractivity contribution in [3.05, 3.63) is 58.0 Å². The number of nitrogens with zero attached hydrogens (tertiary/aromatic N) is 1. The normalized spacial score (nSPS) is 16.1. The molecular weight excluding hydrogens is 432 g/mol. The van der Waals surface area contributed by atoms with E-state index in [0.29, 0.717) is 22.2 Å². The van der Waals surface area contributed by atoms with Gasteiger partial charge < -0.3 is 19.5 Å². The molecule has 32 heavy (non-hydrogen) atoms. The van der Waals surface area contributed by atoms with Gasteiger partial charge in [0.1, 0.15) is 5.75 Å². The Morgan fingerprint density at radius 3 is 2.78 bits per heavy atom. The second kappa shape index (κ2) is 9.35. The molecule has 0 unspecified atom stereocenters. The minimum Gasteiger partial charge on any atom is -0.484 e. The van der Waals surface area contributed by atoms with Crippen LogP contribution in [0.3, 0.4) is 0 Å². The molecule has 4 rings (SSSR count). The predicted octanol–water partition coefficient (Wildman–Crippen LogP) is 3.26. The molecule has 0 radical (unpaired) electrons. The Hall–Kier alpha value is -3.46. The Labute approximate surface area is 189 Å². The first-order valence-corrected chi connectivity index (χ1v) is 10.8. The third kappa shape index (κ3) is 4.88. The highest BCUT2D eigenvalue weighted by molar-refractivity contribution is 8.18. The zero-order valence-corrected chi connectivity index (χ0v) is 18.5. The number of amides is 3. The van der Waals surface area contributed by atoms with Gasteiger partial charge in [0.05, 0.1) is 4.91 Å². The average Bonchev–Trinajstić information content (AvgIpc) is 3.32. The number of hydrogen-bond acceptors (Lipinski definition) is 7. The van der Waals surface area contributed by atoms with Gasteiger partial charge in [-0.25, -0.2) is 0 Å². The zero-order chi connectivity index (χ0) is 22.7. The van der Waals surface area contributed by atoms with Gasteiger partial charge in [0.15, 0.2) is 18.1 Å². The second-order valence-electron chi connectivity index (χ2n) is 7.35. The van der Waals surface area contributed by atoms with E-state index in [1.54, 1.807) is 24.3 Å². The lowest BCUT2D eigenvalue weighted by molar-refractivity contribution is -0.125. The molecule has 0 bridgehead atoms. The highest BCUT2D eigenvalue weighted by Gasteiger charge is 2.34. The minimum atomic E-state index is -0.390. The maximum Gasteiger partial charge on any atom is 0.293 e. The van der Waals surface area contributed by atoms with E-state index in [-0.39, 0.29) is 37.6 Å². The molecule has 2 aromatic carbocycles. The van der Waals surface area contributed by atoms with Crippen LogP contribution >= 0.6 is 11.8 Å². The number of thioether (sulfide) groups is 1. The number of hydrogen-bond donors (Lipinski definition) is 1. The van der Waals surface area contributed by atoms with Crippen molar-refractivity contribution in [2.75, 3.05) is 26.5 Å². The molecule has 0 spiro atoms. The topological polar surface area (TPSA) is 94.2 Å². The van der Waals surface area contributed by atoms with Gasteiger partial charge in [-0.05, 0) is 61.0 Å². The van der Waals surface area contributed by atoms with Crippen molar-refractivity contribution >= 4 is 34.9 Å². The van der Waals surface area contributed by atoms with E-state index in [1.165, 1.54) is 0 Å². The molecule has 2 aliphatic heterocycles. The highest BCUT2D eigenvalue weighted by atomic mass is 32.2. The summed E-state index contributed by atoms with van der Waals surface area (Å²) in [5.41, 5.74) is 2.80.